The normalized spacial score (nSPS) is 11.3. The van der Waals surface area contributed by atoms with Crippen LogP contribution >= 0.6 is 0 Å². The summed E-state index contributed by atoms with van der Waals surface area (Å²) in [4.78, 5) is 16.8. The first-order valence-corrected chi connectivity index (χ1v) is 9.23. The van der Waals surface area contributed by atoms with Crippen LogP contribution in [-0.2, 0) is 17.8 Å². The lowest BCUT2D eigenvalue weighted by Gasteiger charge is -2.08. The largest absolute Gasteiger partial charge is 0.352 e. The lowest BCUT2D eigenvalue weighted by molar-refractivity contribution is -0.116. The minimum absolute atomic E-state index is 0.0786. The first-order chi connectivity index (χ1) is 12.8. The number of hydrogen-bond acceptors (Lipinski definition) is 2. The van der Waals surface area contributed by atoms with E-state index in [1.807, 2.05) is 54.6 Å². The smallest absolute Gasteiger partial charge is 0.244 e. The number of fused-ring (bicyclic) bond motifs is 1. The van der Waals surface area contributed by atoms with Crippen molar-refractivity contribution in [3.05, 3.63) is 72.1 Å². The number of amides is 1. The van der Waals surface area contributed by atoms with E-state index < -0.39 is 0 Å². The number of benzene rings is 2. The summed E-state index contributed by atoms with van der Waals surface area (Å²) in [7, 11) is 0. The highest BCUT2D eigenvalue weighted by Gasteiger charge is 2.10. The van der Waals surface area contributed by atoms with Crippen molar-refractivity contribution in [3.63, 3.8) is 0 Å². The molecule has 1 amide bonds. The molecule has 1 aromatic heterocycles. The molecule has 3 rings (SSSR count). The van der Waals surface area contributed by atoms with Crippen molar-refractivity contribution < 1.29 is 4.79 Å². The summed E-state index contributed by atoms with van der Waals surface area (Å²) in [6.45, 7) is 3.74. The molecule has 2 aromatic carbocycles. The van der Waals surface area contributed by atoms with Crippen LogP contribution in [0.1, 0.15) is 31.2 Å². The predicted octanol–water partition coefficient (Wildman–Crippen LogP) is 4.21. The van der Waals surface area contributed by atoms with Crippen LogP contribution in [0.15, 0.2) is 60.7 Å². The summed E-state index contributed by atoms with van der Waals surface area (Å²) < 4.78 is 2.28. The van der Waals surface area contributed by atoms with E-state index in [-0.39, 0.29) is 5.91 Å². The number of unbranched alkanes of at least 4 members (excludes halogenated alkanes) is 1. The summed E-state index contributed by atoms with van der Waals surface area (Å²) in [6, 6.07) is 18.0. The molecule has 0 saturated heterocycles. The van der Waals surface area contributed by atoms with Gasteiger partial charge in [-0.2, -0.15) is 0 Å². The molecule has 0 saturated carbocycles. The van der Waals surface area contributed by atoms with Crippen LogP contribution in [0.5, 0.6) is 0 Å². The number of carbonyl (C=O) groups excluding carboxylic acids is 1. The third-order valence-electron chi connectivity index (χ3n) is 4.34. The zero-order valence-electron chi connectivity index (χ0n) is 15.2. The predicted molar refractivity (Wildman–Crippen MR) is 107 cm³/mol. The second-order valence-corrected chi connectivity index (χ2v) is 6.31. The van der Waals surface area contributed by atoms with Gasteiger partial charge in [-0.1, -0.05) is 55.8 Å². The van der Waals surface area contributed by atoms with E-state index in [0.29, 0.717) is 6.54 Å². The topological polar surface area (TPSA) is 46.9 Å². The lowest BCUT2D eigenvalue weighted by Crippen LogP contribution is -2.24. The lowest BCUT2D eigenvalue weighted by atomic mass is 10.2. The Hall–Kier alpha value is -2.88. The van der Waals surface area contributed by atoms with Gasteiger partial charge in [0.1, 0.15) is 5.82 Å². The van der Waals surface area contributed by atoms with Crippen molar-refractivity contribution in [1.29, 1.82) is 0 Å². The van der Waals surface area contributed by atoms with Gasteiger partial charge in [-0.15, -0.1) is 0 Å². The maximum absolute atomic E-state index is 12.0. The number of nitrogens with one attached hydrogen (secondary N) is 1. The maximum Gasteiger partial charge on any atom is 0.244 e. The fourth-order valence-electron chi connectivity index (χ4n) is 2.97. The van der Waals surface area contributed by atoms with Gasteiger partial charge in [0.25, 0.3) is 0 Å². The highest BCUT2D eigenvalue weighted by Crippen LogP contribution is 2.17. The maximum atomic E-state index is 12.0. The molecule has 3 aromatic rings. The van der Waals surface area contributed by atoms with Crippen molar-refractivity contribution in [2.75, 3.05) is 6.54 Å². The van der Waals surface area contributed by atoms with Crippen LogP contribution in [0.25, 0.3) is 17.1 Å². The zero-order chi connectivity index (χ0) is 18.2. The second kappa shape index (κ2) is 8.99. The molecule has 0 aliphatic heterocycles. The third-order valence-corrected chi connectivity index (χ3v) is 4.34. The standard InChI is InChI=1S/C22H25N3O/c1-2-3-17-25-20-12-8-7-11-19(20)24-21(25)15-16-23-22(26)14-13-18-9-5-4-6-10-18/h4-14H,2-3,15-17H2,1H3,(H,23,26)/b14-13+. The Kier molecular flexibility index (Phi) is 6.20. The summed E-state index contributed by atoms with van der Waals surface area (Å²) in [5.41, 5.74) is 3.21. The highest BCUT2D eigenvalue weighted by molar-refractivity contribution is 5.91. The van der Waals surface area contributed by atoms with Gasteiger partial charge in [-0.3, -0.25) is 4.79 Å². The molecule has 0 fully saturated rings. The number of para-hydroxylation sites is 2. The molecule has 0 atom stereocenters. The van der Waals surface area contributed by atoms with Gasteiger partial charge >= 0.3 is 0 Å². The molecular formula is C22H25N3O. The molecule has 134 valence electrons. The van der Waals surface area contributed by atoms with Crippen molar-refractivity contribution in [2.24, 2.45) is 0 Å². The number of aromatic nitrogens is 2. The van der Waals surface area contributed by atoms with E-state index in [2.05, 4.69) is 22.9 Å². The molecule has 0 unspecified atom stereocenters. The first kappa shape index (κ1) is 17.9. The molecule has 1 N–H and O–H groups in total. The fourth-order valence-corrected chi connectivity index (χ4v) is 2.97. The number of carbonyl (C=O) groups is 1. The Morgan fingerprint density at radius 1 is 1.12 bits per heavy atom. The summed E-state index contributed by atoms with van der Waals surface area (Å²) in [5, 5.41) is 2.95. The van der Waals surface area contributed by atoms with Crippen LogP contribution in [0.4, 0.5) is 0 Å². The van der Waals surface area contributed by atoms with E-state index in [4.69, 9.17) is 4.98 Å². The Balaban J connectivity index is 1.60. The van der Waals surface area contributed by atoms with Gasteiger partial charge in [-0.25, -0.2) is 4.98 Å². The Morgan fingerprint density at radius 3 is 2.69 bits per heavy atom. The van der Waals surface area contributed by atoms with Crippen LogP contribution in [0, 0.1) is 0 Å². The quantitative estimate of drug-likeness (QED) is 0.621. The van der Waals surface area contributed by atoms with E-state index in [1.165, 1.54) is 5.52 Å². The van der Waals surface area contributed by atoms with Crippen LogP contribution in [-0.4, -0.2) is 22.0 Å². The molecule has 0 aliphatic rings. The number of aryl methyl sites for hydroxylation is 1. The molecule has 26 heavy (non-hydrogen) atoms. The van der Waals surface area contributed by atoms with Gasteiger partial charge in [0.15, 0.2) is 0 Å². The van der Waals surface area contributed by atoms with E-state index in [0.717, 1.165) is 42.7 Å². The van der Waals surface area contributed by atoms with Crippen LogP contribution in [0.2, 0.25) is 0 Å². The van der Waals surface area contributed by atoms with Gasteiger partial charge in [0.2, 0.25) is 5.91 Å². The van der Waals surface area contributed by atoms with Crippen molar-refractivity contribution >= 4 is 23.0 Å². The van der Waals surface area contributed by atoms with Crippen molar-refractivity contribution in [2.45, 2.75) is 32.7 Å². The van der Waals surface area contributed by atoms with Crippen LogP contribution < -0.4 is 5.32 Å². The molecule has 0 spiro atoms. The molecule has 0 aliphatic carbocycles. The molecule has 4 heteroatoms. The average Bonchev–Trinajstić information content (AvgIpc) is 3.03. The molecule has 4 nitrogen and oxygen atoms in total. The Bertz CT molecular complexity index is 881. The average molecular weight is 347 g/mol. The first-order valence-electron chi connectivity index (χ1n) is 9.23. The number of nitrogens with zero attached hydrogens (tertiary/aromatic N) is 2. The Labute approximate surface area is 154 Å². The van der Waals surface area contributed by atoms with E-state index in [9.17, 15) is 4.79 Å². The van der Waals surface area contributed by atoms with Gasteiger partial charge in [0, 0.05) is 25.6 Å². The monoisotopic (exact) mass is 347 g/mol. The third kappa shape index (κ3) is 4.60. The number of hydrogen-bond donors (Lipinski definition) is 1. The van der Waals surface area contributed by atoms with Crippen molar-refractivity contribution in [3.8, 4) is 0 Å². The molecule has 0 bridgehead atoms. The minimum atomic E-state index is -0.0786. The summed E-state index contributed by atoms with van der Waals surface area (Å²) in [5.74, 6) is 0.956. The second-order valence-electron chi connectivity index (χ2n) is 6.31. The minimum Gasteiger partial charge on any atom is -0.352 e. The molecular weight excluding hydrogens is 322 g/mol. The van der Waals surface area contributed by atoms with Crippen LogP contribution in [0.3, 0.4) is 0 Å². The van der Waals surface area contributed by atoms with Gasteiger partial charge in [-0.05, 0) is 30.2 Å². The fraction of sp³-hybridized carbons (Fsp3) is 0.273. The number of rotatable bonds is 8. The summed E-state index contributed by atoms with van der Waals surface area (Å²) in [6.07, 6.45) is 6.40. The number of imidazole rings is 1. The molecule has 0 radical (unpaired) electrons. The Morgan fingerprint density at radius 2 is 1.88 bits per heavy atom. The zero-order valence-corrected chi connectivity index (χ0v) is 15.2. The SMILES string of the molecule is CCCCn1c(CCNC(=O)/C=C/c2ccccc2)nc2ccccc21. The van der Waals surface area contributed by atoms with E-state index >= 15 is 0 Å². The highest BCUT2D eigenvalue weighted by atomic mass is 16.1. The summed E-state index contributed by atoms with van der Waals surface area (Å²) >= 11 is 0. The van der Waals surface area contributed by atoms with Crippen molar-refractivity contribution in [1.82, 2.24) is 14.9 Å². The van der Waals surface area contributed by atoms with Gasteiger partial charge in [0.05, 0.1) is 11.0 Å². The molecule has 1 heterocycles. The van der Waals surface area contributed by atoms with Gasteiger partial charge < -0.3 is 9.88 Å². The van der Waals surface area contributed by atoms with E-state index in [1.54, 1.807) is 6.08 Å².